The number of hydrogen-bond donors (Lipinski definition) is 3. The van der Waals surface area contributed by atoms with Crippen LogP contribution >= 0.6 is 12.4 Å². The Bertz CT molecular complexity index is 1240. The van der Waals surface area contributed by atoms with E-state index in [4.69, 9.17) is 11.5 Å². The van der Waals surface area contributed by atoms with E-state index in [2.05, 4.69) is 41.2 Å². The number of carbonyl (C=O) groups is 2. The number of benzene rings is 1. The zero-order valence-electron chi connectivity index (χ0n) is 24.6. The molecule has 11 nitrogen and oxygen atoms in total. The summed E-state index contributed by atoms with van der Waals surface area (Å²) >= 11 is 0. The summed E-state index contributed by atoms with van der Waals surface area (Å²) in [4.78, 5) is 47.8. The van der Waals surface area contributed by atoms with Crippen molar-refractivity contribution in [3.05, 3.63) is 52.6 Å². The molecule has 3 atom stereocenters. The number of nitrogens with two attached hydrogens (primary N) is 2. The monoisotopic (exact) mass is 588 g/mol. The van der Waals surface area contributed by atoms with Gasteiger partial charge in [0.15, 0.2) is 0 Å². The molecule has 1 saturated heterocycles. The summed E-state index contributed by atoms with van der Waals surface area (Å²) in [6.07, 6.45) is 5.86. The number of hydrogen-bond acceptors (Lipinski definition) is 7. The third kappa shape index (κ3) is 8.06. The van der Waals surface area contributed by atoms with Gasteiger partial charge in [0, 0.05) is 50.5 Å². The minimum Gasteiger partial charge on any atom is -0.338 e. The summed E-state index contributed by atoms with van der Waals surface area (Å²) < 4.78 is 1.46. The third-order valence-corrected chi connectivity index (χ3v) is 8.04. The number of aromatic nitrogens is 2. The fourth-order valence-electron chi connectivity index (χ4n) is 5.85. The lowest BCUT2D eigenvalue weighted by atomic mass is 10.0. The Morgan fingerprint density at radius 1 is 1.10 bits per heavy atom. The van der Waals surface area contributed by atoms with E-state index in [0.717, 1.165) is 32.2 Å². The summed E-state index contributed by atoms with van der Waals surface area (Å²) in [5, 5.41) is 2.70. The van der Waals surface area contributed by atoms with Gasteiger partial charge in [0.25, 0.3) is 0 Å². The van der Waals surface area contributed by atoms with Crippen molar-refractivity contribution in [1.82, 2.24) is 24.3 Å². The largest absolute Gasteiger partial charge is 0.354 e. The SMILES string of the molecule is CCN(C(C)Cc1ccc(-n2ccc(NC(=O)N3CCN(C(=O)C(C)(C)N)CC3)nc2=O)cc1)[C@H]1CC[C@@H](N)C1.Cl. The van der Waals surface area contributed by atoms with Crippen molar-refractivity contribution in [2.45, 2.75) is 77.0 Å². The van der Waals surface area contributed by atoms with Crippen LogP contribution in [0.2, 0.25) is 0 Å². The minimum atomic E-state index is -0.947. The zero-order chi connectivity index (χ0) is 29.0. The molecule has 0 bridgehead atoms. The molecule has 0 spiro atoms. The highest BCUT2D eigenvalue weighted by atomic mass is 35.5. The number of halogens is 1. The Kier molecular flexibility index (Phi) is 10.9. The molecule has 3 amide bonds. The van der Waals surface area contributed by atoms with Crippen molar-refractivity contribution in [3.63, 3.8) is 0 Å². The molecule has 2 fully saturated rings. The topological polar surface area (TPSA) is 143 Å². The quantitative estimate of drug-likeness (QED) is 0.429. The van der Waals surface area contributed by atoms with E-state index in [1.165, 1.54) is 10.1 Å². The van der Waals surface area contributed by atoms with Gasteiger partial charge in [-0.25, -0.2) is 9.59 Å². The number of carbonyl (C=O) groups excluding carboxylic acids is 2. The normalized spacial score (nSPS) is 20.1. The van der Waals surface area contributed by atoms with Crippen LogP contribution in [0.5, 0.6) is 0 Å². The second-order valence-electron chi connectivity index (χ2n) is 11.7. The second-order valence-corrected chi connectivity index (χ2v) is 11.7. The van der Waals surface area contributed by atoms with Gasteiger partial charge < -0.3 is 21.3 Å². The van der Waals surface area contributed by atoms with Crippen molar-refractivity contribution in [1.29, 1.82) is 0 Å². The summed E-state index contributed by atoms with van der Waals surface area (Å²) in [6, 6.07) is 10.5. The van der Waals surface area contributed by atoms with Gasteiger partial charge in [-0.1, -0.05) is 19.1 Å². The molecule has 1 unspecified atom stereocenters. The minimum absolute atomic E-state index is 0. The molecule has 1 aliphatic carbocycles. The highest BCUT2D eigenvalue weighted by molar-refractivity contribution is 5.89. The van der Waals surface area contributed by atoms with Gasteiger partial charge >= 0.3 is 11.7 Å². The van der Waals surface area contributed by atoms with Crippen LogP contribution in [0.4, 0.5) is 10.6 Å². The first-order valence-corrected chi connectivity index (χ1v) is 14.3. The number of nitrogens with zero attached hydrogens (tertiary/aromatic N) is 5. The fraction of sp³-hybridized carbons (Fsp3) is 0.586. The summed E-state index contributed by atoms with van der Waals surface area (Å²) in [5.74, 6) is 0.0437. The molecule has 0 radical (unpaired) electrons. The number of piperazine rings is 1. The van der Waals surface area contributed by atoms with Gasteiger partial charge in [-0.2, -0.15) is 4.98 Å². The number of urea groups is 1. The van der Waals surface area contributed by atoms with Crippen molar-refractivity contribution in [2.24, 2.45) is 11.5 Å². The zero-order valence-corrected chi connectivity index (χ0v) is 25.4. The molecule has 41 heavy (non-hydrogen) atoms. The lowest BCUT2D eigenvalue weighted by molar-refractivity contribution is -0.137. The van der Waals surface area contributed by atoms with E-state index >= 15 is 0 Å². The summed E-state index contributed by atoms with van der Waals surface area (Å²) in [6.45, 7) is 10.4. The van der Waals surface area contributed by atoms with Crippen LogP contribution in [0.1, 0.15) is 52.5 Å². The Balaban J connectivity index is 0.00000462. The first-order chi connectivity index (χ1) is 19.0. The van der Waals surface area contributed by atoms with Crippen LogP contribution in [0.3, 0.4) is 0 Å². The molecular weight excluding hydrogens is 544 g/mol. The van der Waals surface area contributed by atoms with E-state index in [-0.39, 0.29) is 30.2 Å². The van der Waals surface area contributed by atoms with Crippen LogP contribution in [0.15, 0.2) is 41.3 Å². The van der Waals surface area contributed by atoms with Crippen molar-refractivity contribution >= 4 is 30.2 Å². The van der Waals surface area contributed by atoms with Gasteiger partial charge in [0.2, 0.25) is 5.91 Å². The number of likely N-dealkylation sites (N-methyl/N-ethyl adjacent to an activating group) is 1. The lowest BCUT2D eigenvalue weighted by Crippen LogP contribution is -2.58. The molecular formula is C29H45ClN8O3. The van der Waals surface area contributed by atoms with Crippen molar-refractivity contribution in [3.8, 4) is 5.69 Å². The van der Waals surface area contributed by atoms with Crippen LogP contribution < -0.4 is 22.5 Å². The van der Waals surface area contributed by atoms with E-state index in [9.17, 15) is 14.4 Å². The van der Waals surface area contributed by atoms with E-state index in [1.807, 2.05) is 12.1 Å². The van der Waals surface area contributed by atoms with Gasteiger partial charge in [-0.15, -0.1) is 12.4 Å². The number of anilines is 1. The Morgan fingerprint density at radius 3 is 2.27 bits per heavy atom. The maximum Gasteiger partial charge on any atom is 0.354 e. The Morgan fingerprint density at radius 2 is 1.73 bits per heavy atom. The second kappa shape index (κ2) is 13.8. The standard InChI is InChI=1S/C29H44N8O3.ClH/c1-5-36(24-11-8-22(30)19-24)20(2)18-21-6-9-23(10-7-21)37-13-12-25(33-28(37)40)32-27(39)35-16-14-34(15-17-35)26(38)29(3,4)31;/h6-7,9-10,12-13,20,22,24H,5,8,11,14-19,30-31H2,1-4H3,(H,32,33,39,40);1H/t20?,22-,24+;/m1./s1. The van der Waals surface area contributed by atoms with Crippen LogP contribution in [-0.4, -0.2) is 92.6 Å². The third-order valence-electron chi connectivity index (χ3n) is 8.04. The average Bonchev–Trinajstić information content (AvgIpc) is 3.34. The molecule has 2 aromatic rings. The molecule has 5 N–H and O–H groups in total. The van der Waals surface area contributed by atoms with Gasteiger partial charge in [-0.05, 0) is 76.8 Å². The van der Waals surface area contributed by atoms with Gasteiger partial charge in [0.1, 0.15) is 5.82 Å². The molecule has 12 heteroatoms. The Labute approximate surface area is 248 Å². The molecule has 4 rings (SSSR count). The van der Waals surface area contributed by atoms with Crippen LogP contribution in [0, 0.1) is 0 Å². The molecule has 1 saturated carbocycles. The van der Waals surface area contributed by atoms with Gasteiger partial charge in [-0.3, -0.25) is 19.6 Å². The van der Waals surface area contributed by atoms with Crippen LogP contribution in [-0.2, 0) is 11.2 Å². The highest BCUT2D eigenvalue weighted by Gasteiger charge is 2.32. The number of nitrogens with one attached hydrogen (secondary N) is 1. The number of amides is 3. The van der Waals surface area contributed by atoms with Crippen LogP contribution in [0.25, 0.3) is 5.69 Å². The summed E-state index contributed by atoms with van der Waals surface area (Å²) in [7, 11) is 0. The van der Waals surface area contributed by atoms with Crippen molar-refractivity contribution < 1.29 is 9.59 Å². The highest BCUT2D eigenvalue weighted by Crippen LogP contribution is 2.25. The molecule has 226 valence electrons. The average molecular weight is 589 g/mol. The first kappa shape index (κ1) is 32.5. The first-order valence-electron chi connectivity index (χ1n) is 14.3. The summed E-state index contributed by atoms with van der Waals surface area (Å²) in [5.41, 5.74) is 12.6. The molecule has 1 aromatic heterocycles. The van der Waals surface area contributed by atoms with E-state index in [0.29, 0.717) is 50.0 Å². The fourth-order valence-corrected chi connectivity index (χ4v) is 5.85. The van der Waals surface area contributed by atoms with Crippen molar-refractivity contribution in [2.75, 3.05) is 38.0 Å². The number of rotatable bonds is 8. The lowest BCUT2D eigenvalue weighted by Gasteiger charge is -2.37. The maximum atomic E-state index is 12.8. The molecule has 2 aliphatic rings. The Hall–Kier alpha value is -2.99. The molecule has 1 aromatic carbocycles. The van der Waals surface area contributed by atoms with E-state index in [1.54, 1.807) is 35.9 Å². The predicted molar refractivity (Wildman–Crippen MR) is 164 cm³/mol. The molecule has 2 heterocycles. The maximum absolute atomic E-state index is 12.8. The smallest absolute Gasteiger partial charge is 0.338 e. The predicted octanol–water partition coefficient (Wildman–Crippen LogP) is 2.20. The molecule has 1 aliphatic heterocycles. The van der Waals surface area contributed by atoms with Gasteiger partial charge in [0.05, 0.1) is 11.2 Å². The van der Waals surface area contributed by atoms with E-state index < -0.39 is 11.2 Å².